The molecule has 0 aromatic heterocycles. The van der Waals surface area contributed by atoms with E-state index in [1.165, 1.54) is 12.8 Å². The molecule has 0 aliphatic rings. The van der Waals surface area contributed by atoms with Gasteiger partial charge in [0.2, 0.25) is 0 Å². The van der Waals surface area contributed by atoms with E-state index in [1.807, 2.05) is 41.5 Å². The average Bonchev–Trinajstić information content (AvgIpc) is 2.39. The third kappa shape index (κ3) is 56.2. The van der Waals surface area contributed by atoms with Gasteiger partial charge in [0.25, 0.3) is 0 Å². The van der Waals surface area contributed by atoms with Crippen LogP contribution in [0.1, 0.15) is 82.1 Å². The molecule has 0 atom stereocenters. The number of hydrogen-bond acceptors (Lipinski definition) is 1. The predicted molar refractivity (Wildman–Crippen MR) is 76.5 cm³/mol. The first kappa shape index (κ1) is 29.4. The molecule has 0 unspecified atom stereocenters. The van der Waals surface area contributed by atoms with E-state index in [1.54, 1.807) is 0 Å². The van der Waals surface area contributed by atoms with Crippen molar-refractivity contribution in [1.29, 1.82) is 0 Å². The molecular formula is C14H38O. The first-order valence-corrected chi connectivity index (χ1v) is 6.57. The largest absolute Gasteiger partial charge is 0.400 e. The molecule has 1 N–H and O–H groups in total. The molecule has 0 bridgehead atoms. The Kier molecular flexibility index (Phi) is 72.5. The molecule has 1 heteroatoms. The lowest BCUT2D eigenvalue weighted by Crippen LogP contribution is -2.05. The van der Waals surface area contributed by atoms with Gasteiger partial charge in [-0.25, -0.2) is 0 Å². The fraction of sp³-hybridized carbons (Fsp3) is 1.00. The highest BCUT2D eigenvalue weighted by Gasteiger charge is 2.09. The Hall–Kier alpha value is -0.0400. The fourth-order valence-electron chi connectivity index (χ4n) is 0.250. The molecule has 0 rings (SSSR count). The molecule has 0 fully saturated rings. The highest BCUT2D eigenvalue weighted by Crippen LogP contribution is 2.22. The summed E-state index contributed by atoms with van der Waals surface area (Å²) in [6.07, 6.45) is 2.59. The lowest BCUT2D eigenvalue weighted by atomic mass is 9.88. The van der Waals surface area contributed by atoms with Crippen LogP contribution >= 0.6 is 0 Å². The van der Waals surface area contributed by atoms with Crippen molar-refractivity contribution in [3.63, 3.8) is 0 Å². The zero-order valence-corrected chi connectivity index (χ0v) is 13.4. The summed E-state index contributed by atoms with van der Waals surface area (Å²) in [5.41, 5.74) is 0.583. The van der Waals surface area contributed by atoms with Gasteiger partial charge in [-0.2, -0.15) is 0 Å². The molecule has 0 saturated carbocycles. The summed E-state index contributed by atoms with van der Waals surface area (Å²) in [5.74, 6) is 0. The van der Waals surface area contributed by atoms with Gasteiger partial charge in [0.05, 0.1) is 0 Å². The molecule has 0 saturated heterocycles. The Bertz CT molecular complexity index is 43.3. The third-order valence-electron chi connectivity index (χ3n) is 1.91. The van der Waals surface area contributed by atoms with Gasteiger partial charge in [-0.1, -0.05) is 82.1 Å². The second-order valence-corrected chi connectivity index (χ2v) is 2.87. The predicted octanol–water partition coefficient (Wildman–Crippen LogP) is 5.52. The topological polar surface area (TPSA) is 20.2 Å². The molecule has 15 heavy (non-hydrogen) atoms. The lowest BCUT2D eigenvalue weighted by molar-refractivity contribution is 0.338. The zero-order chi connectivity index (χ0) is 13.9. The van der Waals surface area contributed by atoms with E-state index in [0.717, 1.165) is 7.11 Å². The van der Waals surface area contributed by atoms with E-state index in [2.05, 4.69) is 27.7 Å². The van der Waals surface area contributed by atoms with E-state index < -0.39 is 0 Å². The van der Waals surface area contributed by atoms with Gasteiger partial charge in [-0.05, 0) is 5.41 Å². The normalized spacial score (nSPS) is 7.20. The van der Waals surface area contributed by atoms with Crippen LogP contribution in [0, 0.1) is 5.41 Å². The van der Waals surface area contributed by atoms with Crippen LogP contribution < -0.4 is 0 Å². The Labute approximate surface area is 100 Å². The van der Waals surface area contributed by atoms with Gasteiger partial charge in [0.1, 0.15) is 0 Å². The number of hydrogen-bond donors (Lipinski definition) is 1. The number of aliphatic hydroxyl groups excluding tert-OH is 1. The summed E-state index contributed by atoms with van der Waals surface area (Å²) in [6, 6.07) is 0. The highest BCUT2D eigenvalue weighted by molar-refractivity contribution is 4.61. The molecule has 0 amide bonds. The minimum absolute atomic E-state index is 0.583. The first-order valence-electron chi connectivity index (χ1n) is 6.57. The summed E-state index contributed by atoms with van der Waals surface area (Å²) < 4.78 is 0. The molecule has 0 radical (unpaired) electrons. The summed E-state index contributed by atoms with van der Waals surface area (Å²) in [6.45, 7) is 21.1. The molecule has 0 aromatic rings. The molecule has 0 aliphatic carbocycles. The Morgan fingerprint density at radius 2 is 0.800 bits per heavy atom. The average molecular weight is 222 g/mol. The smallest absolute Gasteiger partial charge is 0.0319 e. The maximum Gasteiger partial charge on any atom is 0.0319 e. The van der Waals surface area contributed by atoms with Crippen LogP contribution in [0.3, 0.4) is 0 Å². The second kappa shape index (κ2) is 37.0. The van der Waals surface area contributed by atoms with Crippen molar-refractivity contribution >= 4 is 0 Å². The van der Waals surface area contributed by atoms with Crippen LogP contribution in [0.25, 0.3) is 0 Å². The Balaban J connectivity index is -0.0000000353. The minimum Gasteiger partial charge on any atom is -0.400 e. The molecule has 100 valence electrons. The second-order valence-electron chi connectivity index (χ2n) is 2.87. The maximum absolute atomic E-state index is 7.00. The molecule has 0 heterocycles. The quantitative estimate of drug-likeness (QED) is 0.652. The van der Waals surface area contributed by atoms with Gasteiger partial charge < -0.3 is 5.11 Å². The maximum atomic E-state index is 7.00. The number of rotatable bonds is 2. The van der Waals surface area contributed by atoms with Crippen LogP contribution in [0.5, 0.6) is 0 Å². The lowest BCUT2D eigenvalue weighted by Gasteiger charge is -2.18. The van der Waals surface area contributed by atoms with Crippen LogP contribution in [0.15, 0.2) is 0 Å². The van der Waals surface area contributed by atoms with Crippen molar-refractivity contribution in [2.75, 3.05) is 7.11 Å². The van der Waals surface area contributed by atoms with Crippen LogP contribution in [0.2, 0.25) is 0 Å². The van der Waals surface area contributed by atoms with Crippen LogP contribution in [-0.4, -0.2) is 12.2 Å². The van der Waals surface area contributed by atoms with Crippen molar-refractivity contribution in [3.8, 4) is 0 Å². The van der Waals surface area contributed by atoms with Crippen LogP contribution in [-0.2, 0) is 0 Å². The van der Waals surface area contributed by atoms with Crippen LogP contribution in [0.4, 0.5) is 0 Å². The van der Waals surface area contributed by atoms with Gasteiger partial charge >= 0.3 is 0 Å². The Morgan fingerprint density at radius 1 is 0.667 bits per heavy atom. The molecule has 1 nitrogen and oxygen atoms in total. The van der Waals surface area contributed by atoms with Gasteiger partial charge in [-0.15, -0.1) is 0 Å². The van der Waals surface area contributed by atoms with E-state index in [0.29, 0.717) is 5.41 Å². The molecule has 0 aliphatic heterocycles. The Morgan fingerprint density at radius 3 is 0.800 bits per heavy atom. The summed E-state index contributed by atoms with van der Waals surface area (Å²) in [5, 5.41) is 7.00. The van der Waals surface area contributed by atoms with E-state index in [-0.39, 0.29) is 0 Å². The highest BCUT2D eigenvalue weighted by atomic mass is 16.2. The third-order valence-corrected chi connectivity index (χ3v) is 1.91. The fourth-order valence-corrected chi connectivity index (χ4v) is 0.250. The summed E-state index contributed by atoms with van der Waals surface area (Å²) in [7, 11) is 1.00. The van der Waals surface area contributed by atoms with E-state index >= 15 is 0 Å². The van der Waals surface area contributed by atoms with Gasteiger partial charge in [0, 0.05) is 7.11 Å². The van der Waals surface area contributed by atoms with E-state index in [4.69, 9.17) is 5.11 Å². The SMILES string of the molecule is CC.CC.CC.CCC(C)(C)CC.CO. The zero-order valence-electron chi connectivity index (χ0n) is 13.4. The number of aliphatic hydroxyl groups is 1. The monoisotopic (exact) mass is 222 g/mol. The van der Waals surface area contributed by atoms with Crippen molar-refractivity contribution in [3.05, 3.63) is 0 Å². The van der Waals surface area contributed by atoms with Gasteiger partial charge in [-0.3, -0.25) is 0 Å². The van der Waals surface area contributed by atoms with Crippen molar-refractivity contribution in [2.45, 2.75) is 82.1 Å². The minimum atomic E-state index is 0.583. The van der Waals surface area contributed by atoms with Gasteiger partial charge in [0.15, 0.2) is 0 Å². The van der Waals surface area contributed by atoms with Crippen molar-refractivity contribution < 1.29 is 5.11 Å². The van der Waals surface area contributed by atoms with Crippen molar-refractivity contribution in [1.82, 2.24) is 0 Å². The summed E-state index contributed by atoms with van der Waals surface area (Å²) >= 11 is 0. The van der Waals surface area contributed by atoms with Crippen molar-refractivity contribution in [2.24, 2.45) is 5.41 Å². The summed E-state index contributed by atoms with van der Waals surface area (Å²) in [4.78, 5) is 0. The molecule has 0 spiro atoms. The first-order chi connectivity index (χ1) is 7.12. The molecular weight excluding hydrogens is 184 g/mol. The standard InChI is InChI=1S/C7H16.3C2H6.CH4O/c1-5-7(3,4)6-2;4*1-2/h5-6H2,1-4H3;3*1-2H3;2H,1H3. The molecule has 0 aromatic carbocycles. The van der Waals surface area contributed by atoms with E-state index in [9.17, 15) is 0 Å².